The molecule has 94 valence electrons. The number of carbonyl (C=O) groups is 1. The molecule has 0 aromatic heterocycles. The molecular formula is C14H26O2. The summed E-state index contributed by atoms with van der Waals surface area (Å²) in [5, 5.41) is 8.84. The summed E-state index contributed by atoms with van der Waals surface area (Å²) in [6.07, 6.45) is 10.7. The normalized spacial score (nSPS) is 24.4. The van der Waals surface area contributed by atoms with Gasteiger partial charge in [-0.3, -0.25) is 0 Å². The molecular weight excluding hydrogens is 200 g/mol. The Morgan fingerprint density at radius 1 is 1.06 bits per heavy atom. The quantitative estimate of drug-likeness (QED) is 0.747. The summed E-state index contributed by atoms with van der Waals surface area (Å²) in [5.74, 6) is 0. The van der Waals surface area contributed by atoms with E-state index in [1.54, 1.807) is 0 Å². The lowest BCUT2D eigenvalue weighted by Crippen LogP contribution is -2.32. The third kappa shape index (κ3) is 2.85. The van der Waals surface area contributed by atoms with Gasteiger partial charge < -0.3 is 9.90 Å². The number of aldehydes is 1. The van der Waals surface area contributed by atoms with Crippen molar-refractivity contribution in [2.45, 2.75) is 65.2 Å². The SMILES string of the molecule is CCC1(C=O)CCC1.CCC1(CO)CCC1. The molecule has 0 aliphatic heterocycles. The molecule has 1 N–H and O–H groups in total. The zero-order valence-electron chi connectivity index (χ0n) is 10.8. The van der Waals surface area contributed by atoms with Gasteiger partial charge in [-0.1, -0.05) is 26.7 Å². The third-order valence-electron chi connectivity index (χ3n) is 4.80. The van der Waals surface area contributed by atoms with Crippen molar-refractivity contribution >= 4 is 6.29 Å². The highest BCUT2D eigenvalue weighted by atomic mass is 16.3. The first-order valence-electron chi connectivity index (χ1n) is 6.73. The molecule has 0 atom stereocenters. The first-order valence-corrected chi connectivity index (χ1v) is 6.73. The summed E-state index contributed by atoms with van der Waals surface area (Å²) in [6.45, 7) is 4.66. The number of hydrogen-bond acceptors (Lipinski definition) is 2. The second-order valence-corrected chi connectivity index (χ2v) is 5.55. The van der Waals surface area contributed by atoms with Crippen LogP contribution in [0.4, 0.5) is 0 Å². The molecule has 0 spiro atoms. The molecule has 0 unspecified atom stereocenters. The van der Waals surface area contributed by atoms with Gasteiger partial charge in [0.25, 0.3) is 0 Å². The summed E-state index contributed by atoms with van der Waals surface area (Å²) < 4.78 is 0. The zero-order chi connectivity index (χ0) is 12.1. The molecule has 2 rings (SSSR count). The van der Waals surface area contributed by atoms with Crippen molar-refractivity contribution in [3.8, 4) is 0 Å². The fourth-order valence-corrected chi connectivity index (χ4v) is 2.49. The molecule has 0 radical (unpaired) electrons. The lowest BCUT2D eigenvalue weighted by molar-refractivity contribution is -0.120. The van der Waals surface area contributed by atoms with Crippen LogP contribution in [0.1, 0.15) is 65.2 Å². The van der Waals surface area contributed by atoms with Crippen molar-refractivity contribution in [2.24, 2.45) is 10.8 Å². The molecule has 0 bridgehead atoms. The van der Waals surface area contributed by atoms with Gasteiger partial charge in [0.05, 0.1) is 0 Å². The van der Waals surface area contributed by atoms with Gasteiger partial charge in [-0.15, -0.1) is 0 Å². The third-order valence-corrected chi connectivity index (χ3v) is 4.80. The van der Waals surface area contributed by atoms with Gasteiger partial charge in [0, 0.05) is 12.0 Å². The maximum Gasteiger partial charge on any atom is 0.126 e. The summed E-state index contributed by atoms with van der Waals surface area (Å²) in [5.41, 5.74) is 0.486. The predicted molar refractivity (Wildman–Crippen MR) is 66.3 cm³/mol. The monoisotopic (exact) mass is 226 g/mol. The minimum absolute atomic E-state index is 0.125. The predicted octanol–water partition coefficient (Wildman–Crippen LogP) is 3.32. The number of hydrogen-bond donors (Lipinski definition) is 1. The van der Waals surface area contributed by atoms with Crippen LogP contribution in [0.3, 0.4) is 0 Å². The van der Waals surface area contributed by atoms with Crippen LogP contribution in [0.25, 0.3) is 0 Å². The van der Waals surface area contributed by atoms with E-state index in [1.807, 2.05) is 0 Å². The van der Waals surface area contributed by atoms with Crippen LogP contribution in [0.2, 0.25) is 0 Å². The summed E-state index contributed by atoms with van der Waals surface area (Å²) >= 11 is 0. The summed E-state index contributed by atoms with van der Waals surface area (Å²) in [7, 11) is 0. The number of aliphatic hydroxyl groups is 1. The minimum atomic E-state index is 0.125. The largest absolute Gasteiger partial charge is 0.396 e. The number of carbonyl (C=O) groups excluding carboxylic acids is 1. The molecule has 0 heterocycles. The van der Waals surface area contributed by atoms with Gasteiger partial charge in [-0.05, 0) is 43.9 Å². The Bertz CT molecular complexity index is 196. The lowest BCUT2D eigenvalue weighted by Gasteiger charge is -2.39. The van der Waals surface area contributed by atoms with E-state index >= 15 is 0 Å². The van der Waals surface area contributed by atoms with Gasteiger partial charge in [0.1, 0.15) is 6.29 Å². The van der Waals surface area contributed by atoms with Crippen molar-refractivity contribution in [3.63, 3.8) is 0 Å². The fraction of sp³-hybridized carbons (Fsp3) is 0.929. The average Bonchev–Trinajstić information content (AvgIpc) is 2.19. The molecule has 2 aliphatic carbocycles. The molecule has 0 aromatic carbocycles. The number of rotatable bonds is 4. The van der Waals surface area contributed by atoms with Crippen LogP contribution in [0, 0.1) is 10.8 Å². The van der Waals surface area contributed by atoms with Crippen molar-refractivity contribution in [1.82, 2.24) is 0 Å². The molecule has 16 heavy (non-hydrogen) atoms. The van der Waals surface area contributed by atoms with E-state index in [0.717, 1.165) is 32.0 Å². The Morgan fingerprint density at radius 2 is 1.62 bits per heavy atom. The van der Waals surface area contributed by atoms with E-state index in [2.05, 4.69) is 13.8 Å². The fourth-order valence-electron chi connectivity index (χ4n) is 2.49. The van der Waals surface area contributed by atoms with Gasteiger partial charge in [0.2, 0.25) is 0 Å². The van der Waals surface area contributed by atoms with E-state index in [4.69, 9.17) is 5.11 Å². The van der Waals surface area contributed by atoms with E-state index in [1.165, 1.54) is 25.7 Å². The molecule has 2 fully saturated rings. The van der Waals surface area contributed by atoms with Crippen LogP contribution >= 0.6 is 0 Å². The summed E-state index contributed by atoms with van der Waals surface area (Å²) in [6, 6.07) is 0. The Balaban J connectivity index is 0.000000160. The lowest BCUT2D eigenvalue weighted by atomic mass is 9.68. The van der Waals surface area contributed by atoms with Crippen molar-refractivity contribution in [1.29, 1.82) is 0 Å². The van der Waals surface area contributed by atoms with Crippen molar-refractivity contribution < 1.29 is 9.90 Å². The van der Waals surface area contributed by atoms with Crippen molar-refractivity contribution in [2.75, 3.05) is 6.61 Å². The molecule has 2 nitrogen and oxygen atoms in total. The standard InChI is InChI=1S/C7H14O.C7H12O/c2*1-2-7(6-8)4-3-5-7/h8H,2-6H2,1H3;6H,2-5H2,1H3. The van der Waals surface area contributed by atoms with Gasteiger partial charge in [-0.2, -0.15) is 0 Å². The maximum absolute atomic E-state index is 10.3. The van der Waals surface area contributed by atoms with E-state index in [-0.39, 0.29) is 5.41 Å². The second kappa shape index (κ2) is 5.81. The smallest absolute Gasteiger partial charge is 0.126 e. The number of aliphatic hydroxyl groups excluding tert-OH is 1. The van der Waals surface area contributed by atoms with Gasteiger partial charge >= 0.3 is 0 Å². The maximum atomic E-state index is 10.3. The van der Waals surface area contributed by atoms with Crippen molar-refractivity contribution in [3.05, 3.63) is 0 Å². The van der Waals surface area contributed by atoms with Crippen LogP contribution < -0.4 is 0 Å². The Kier molecular flexibility index (Phi) is 4.97. The Hall–Kier alpha value is -0.370. The van der Waals surface area contributed by atoms with Gasteiger partial charge in [0.15, 0.2) is 0 Å². The van der Waals surface area contributed by atoms with Crippen LogP contribution in [0.15, 0.2) is 0 Å². The van der Waals surface area contributed by atoms with E-state index < -0.39 is 0 Å². The molecule has 2 saturated carbocycles. The minimum Gasteiger partial charge on any atom is -0.396 e. The first-order chi connectivity index (χ1) is 7.66. The molecule has 0 saturated heterocycles. The van der Waals surface area contributed by atoms with Crippen LogP contribution in [-0.4, -0.2) is 18.0 Å². The Morgan fingerprint density at radius 3 is 1.62 bits per heavy atom. The molecule has 0 aromatic rings. The average molecular weight is 226 g/mol. The highest BCUT2D eigenvalue weighted by Gasteiger charge is 2.34. The van der Waals surface area contributed by atoms with Crippen LogP contribution in [-0.2, 0) is 4.79 Å². The molecule has 2 heteroatoms. The molecule has 0 amide bonds. The van der Waals surface area contributed by atoms with E-state index in [9.17, 15) is 4.79 Å². The summed E-state index contributed by atoms with van der Waals surface area (Å²) in [4.78, 5) is 10.3. The first kappa shape index (κ1) is 13.7. The Labute approximate surface area is 99.4 Å². The molecule has 2 aliphatic rings. The van der Waals surface area contributed by atoms with Gasteiger partial charge in [-0.25, -0.2) is 0 Å². The zero-order valence-corrected chi connectivity index (χ0v) is 10.8. The topological polar surface area (TPSA) is 37.3 Å². The van der Waals surface area contributed by atoms with Crippen LogP contribution in [0.5, 0.6) is 0 Å². The second-order valence-electron chi connectivity index (χ2n) is 5.55. The highest BCUT2D eigenvalue weighted by Crippen LogP contribution is 2.43. The highest BCUT2D eigenvalue weighted by molar-refractivity contribution is 5.60. The van der Waals surface area contributed by atoms with E-state index in [0.29, 0.717) is 12.0 Å².